The fourth-order valence-corrected chi connectivity index (χ4v) is 5.25. The number of piperidine rings is 2. The second-order valence-corrected chi connectivity index (χ2v) is 12.3. The van der Waals surface area contributed by atoms with Gasteiger partial charge in [0, 0.05) is 22.2 Å². The Morgan fingerprint density at radius 1 is 0.844 bits per heavy atom. The molecule has 8 nitrogen and oxygen atoms in total. The van der Waals surface area contributed by atoms with Gasteiger partial charge in [-0.2, -0.15) is 10.1 Å². The van der Waals surface area contributed by atoms with Crippen molar-refractivity contribution >= 4 is 5.97 Å². The molecule has 2 fully saturated rings. The van der Waals surface area contributed by atoms with Crippen LogP contribution in [0.25, 0.3) is 0 Å². The van der Waals surface area contributed by atoms with Crippen molar-refractivity contribution in [3.63, 3.8) is 0 Å². The number of esters is 1. The summed E-state index contributed by atoms with van der Waals surface area (Å²) < 4.78 is 5.07. The van der Waals surface area contributed by atoms with Crippen LogP contribution in [0.4, 0.5) is 0 Å². The van der Waals surface area contributed by atoms with E-state index in [1.54, 1.807) is 20.8 Å². The van der Waals surface area contributed by atoms with Gasteiger partial charge in [-0.1, -0.05) is 0 Å². The number of hydrogen-bond acceptors (Lipinski definition) is 8. The quantitative estimate of drug-likeness (QED) is 0.546. The van der Waals surface area contributed by atoms with Crippen molar-refractivity contribution in [2.45, 2.75) is 142 Å². The van der Waals surface area contributed by atoms with Crippen molar-refractivity contribution in [2.24, 2.45) is 0 Å². The summed E-state index contributed by atoms with van der Waals surface area (Å²) in [6.07, 6.45) is 1.83. The Hall–Kier alpha value is -0.770. The van der Waals surface area contributed by atoms with Crippen LogP contribution in [0.15, 0.2) is 0 Å². The molecule has 0 saturated carbocycles. The maximum absolute atomic E-state index is 12.0. The zero-order chi connectivity index (χ0) is 25.3. The summed E-state index contributed by atoms with van der Waals surface area (Å²) in [5.41, 5.74) is -2.40. The van der Waals surface area contributed by atoms with E-state index in [0.717, 1.165) is 0 Å². The van der Waals surface area contributed by atoms with E-state index in [-0.39, 0.29) is 40.3 Å². The summed E-state index contributed by atoms with van der Waals surface area (Å²) in [6, 6.07) is 0. The van der Waals surface area contributed by atoms with E-state index < -0.39 is 5.60 Å². The lowest BCUT2D eigenvalue weighted by Gasteiger charge is -2.54. The molecule has 190 valence electrons. The van der Waals surface area contributed by atoms with Crippen LogP contribution in [-0.2, 0) is 14.4 Å². The monoisotopic (exact) mass is 460 g/mol. The van der Waals surface area contributed by atoms with Crippen LogP contribution in [0.1, 0.15) is 102 Å². The molecule has 0 unspecified atom stereocenters. The van der Waals surface area contributed by atoms with Crippen LogP contribution < -0.4 is 0 Å². The highest BCUT2D eigenvalue weighted by molar-refractivity contribution is 5.78. The standard InChI is InChI=1S/C15H29NO4.C9H19NO2/c1-8-19-12(18)15(6,7)20-16-13(2,3)9-11(17)10-14(16,4)5;1-8(2)5-7(11)6-9(3,4)10(8)12/h11,17H,8-10H2,1-7H3;7,11-12H,5-6H2,1-4H3. The molecular weight excluding hydrogens is 412 g/mol. The summed E-state index contributed by atoms with van der Waals surface area (Å²) in [4.78, 5) is 18.0. The molecule has 2 aliphatic rings. The van der Waals surface area contributed by atoms with Gasteiger partial charge in [-0.15, -0.1) is 0 Å². The van der Waals surface area contributed by atoms with E-state index in [0.29, 0.717) is 32.3 Å². The molecule has 0 bridgehead atoms. The number of rotatable bonds is 4. The van der Waals surface area contributed by atoms with E-state index in [1.165, 1.54) is 5.06 Å². The Labute approximate surface area is 194 Å². The van der Waals surface area contributed by atoms with E-state index in [9.17, 15) is 20.2 Å². The van der Waals surface area contributed by atoms with Crippen LogP contribution in [-0.4, -0.2) is 78.1 Å². The van der Waals surface area contributed by atoms with Gasteiger partial charge in [-0.3, -0.25) is 4.84 Å². The first-order valence-electron chi connectivity index (χ1n) is 11.7. The molecule has 8 heteroatoms. The lowest BCUT2D eigenvalue weighted by Crippen LogP contribution is -2.64. The summed E-state index contributed by atoms with van der Waals surface area (Å²) in [7, 11) is 0. The normalized spacial score (nSPS) is 26.2. The highest BCUT2D eigenvalue weighted by atomic mass is 16.7. The van der Waals surface area contributed by atoms with E-state index in [4.69, 9.17) is 9.57 Å². The largest absolute Gasteiger partial charge is 0.464 e. The van der Waals surface area contributed by atoms with Crippen LogP contribution in [0.5, 0.6) is 0 Å². The fraction of sp³-hybridized carbons (Fsp3) is 0.958. The Morgan fingerprint density at radius 3 is 1.53 bits per heavy atom. The second-order valence-electron chi connectivity index (χ2n) is 12.3. The Kier molecular flexibility index (Phi) is 9.00. The van der Waals surface area contributed by atoms with Crippen LogP contribution in [0, 0.1) is 0 Å². The molecule has 0 aromatic carbocycles. The minimum Gasteiger partial charge on any atom is -0.464 e. The SMILES string of the molecule is CC1(C)CC(O)CC(C)(C)N1O.CCOC(=O)C(C)(C)ON1C(C)(C)CC(O)CC1(C)C. The Balaban J connectivity index is 0.000000363. The van der Waals surface area contributed by atoms with Gasteiger partial charge in [0.15, 0.2) is 5.60 Å². The topological polar surface area (TPSA) is 103 Å². The molecule has 2 heterocycles. The van der Waals surface area contributed by atoms with Crippen molar-refractivity contribution in [3.05, 3.63) is 0 Å². The summed E-state index contributed by atoms with van der Waals surface area (Å²) >= 11 is 0. The molecule has 3 N–H and O–H groups in total. The first kappa shape index (κ1) is 29.3. The van der Waals surface area contributed by atoms with Gasteiger partial charge in [0.1, 0.15) is 0 Å². The number of ether oxygens (including phenoxy) is 1. The van der Waals surface area contributed by atoms with Crippen molar-refractivity contribution in [1.82, 2.24) is 10.1 Å². The summed E-state index contributed by atoms with van der Waals surface area (Å²) in [5.74, 6) is -0.377. The van der Waals surface area contributed by atoms with E-state index in [1.807, 2.05) is 60.5 Å². The minimum atomic E-state index is -1.05. The van der Waals surface area contributed by atoms with Crippen LogP contribution >= 0.6 is 0 Å². The average molecular weight is 461 g/mol. The molecule has 0 atom stereocenters. The van der Waals surface area contributed by atoms with Gasteiger partial charge in [0.05, 0.1) is 18.8 Å². The Bertz CT molecular complexity index is 608. The molecule has 0 radical (unpaired) electrons. The highest BCUT2D eigenvalue weighted by Crippen LogP contribution is 2.40. The maximum atomic E-state index is 12.0. The number of nitrogens with zero attached hydrogens (tertiary/aromatic N) is 2. The van der Waals surface area contributed by atoms with Crippen molar-refractivity contribution in [3.8, 4) is 0 Å². The fourth-order valence-electron chi connectivity index (χ4n) is 5.25. The zero-order valence-corrected chi connectivity index (χ0v) is 22.2. The number of carbonyl (C=O) groups is 1. The molecular formula is C24H48N2O6. The molecule has 2 rings (SSSR count). The van der Waals surface area contributed by atoms with Gasteiger partial charge in [-0.25, -0.2) is 4.79 Å². The number of aliphatic hydroxyl groups is 2. The van der Waals surface area contributed by atoms with Gasteiger partial charge in [-0.05, 0) is 102 Å². The number of hydroxylamine groups is 4. The molecule has 2 aliphatic heterocycles. The molecule has 0 aromatic heterocycles. The number of hydrogen-bond donors (Lipinski definition) is 3. The number of aliphatic hydroxyl groups excluding tert-OH is 2. The van der Waals surface area contributed by atoms with Gasteiger partial charge < -0.3 is 20.2 Å². The van der Waals surface area contributed by atoms with E-state index >= 15 is 0 Å². The highest BCUT2D eigenvalue weighted by Gasteiger charge is 2.49. The van der Waals surface area contributed by atoms with Crippen LogP contribution in [0.3, 0.4) is 0 Å². The third kappa shape index (κ3) is 7.11. The zero-order valence-electron chi connectivity index (χ0n) is 22.2. The van der Waals surface area contributed by atoms with E-state index in [2.05, 4.69) is 0 Å². The lowest BCUT2D eigenvalue weighted by molar-refractivity contribution is -0.332. The molecule has 0 spiro atoms. The predicted molar refractivity (Wildman–Crippen MR) is 124 cm³/mol. The molecule has 0 aliphatic carbocycles. The first-order valence-corrected chi connectivity index (χ1v) is 11.7. The van der Waals surface area contributed by atoms with Gasteiger partial charge in [0.25, 0.3) is 0 Å². The second kappa shape index (κ2) is 9.84. The average Bonchev–Trinajstić information content (AvgIpc) is 2.55. The van der Waals surface area contributed by atoms with Crippen molar-refractivity contribution < 1.29 is 29.8 Å². The van der Waals surface area contributed by atoms with Crippen molar-refractivity contribution in [1.29, 1.82) is 0 Å². The summed E-state index contributed by atoms with van der Waals surface area (Å²) in [6.45, 7) is 21.3. The van der Waals surface area contributed by atoms with Gasteiger partial charge in [0.2, 0.25) is 0 Å². The maximum Gasteiger partial charge on any atom is 0.339 e. The van der Waals surface area contributed by atoms with Gasteiger partial charge >= 0.3 is 5.97 Å². The van der Waals surface area contributed by atoms with Crippen LogP contribution in [0.2, 0.25) is 0 Å². The lowest BCUT2D eigenvalue weighted by atomic mass is 9.80. The smallest absolute Gasteiger partial charge is 0.339 e. The minimum absolute atomic E-state index is 0.293. The Morgan fingerprint density at radius 2 is 1.19 bits per heavy atom. The third-order valence-electron chi connectivity index (χ3n) is 6.27. The third-order valence-corrected chi connectivity index (χ3v) is 6.27. The first-order chi connectivity index (χ1) is 14.2. The predicted octanol–water partition coefficient (Wildman–Crippen LogP) is 3.66. The molecule has 2 saturated heterocycles. The number of carbonyl (C=O) groups excluding carboxylic acids is 1. The molecule has 0 aromatic rings. The van der Waals surface area contributed by atoms with Crippen molar-refractivity contribution in [2.75, 3.05) is 6.61 Å². The molecule has 32 heavy (non-hydrogen) atoms. The molecule has 0 amide bonds. The summed E-state index contributed by atoms with van der Waals surface area (Å²) in [5, 5.41) is 32.6.